The number of nitrogens with zero attached hydrogens (tertiary/aromatic N) is 1. The van der Waals surface area contributed by atoms with Crippen molar-refractivity contribution in [2.24, 2.45) is 11.8 Å². The van der Waals surface area contributed by atoms with Crippen LogP contribution in [0.15, 0.2) is 46.6 Å². The fraction of sp³-hybridized carbons (Fsp3) is 0.538. The van der Waals surface area contributed by atoms with E-state index in [0.29, 0.717) is 0 Å². The molecule has 0 saturated carbocycles. The van der Waals surface area contributed by atoms with Gasteiger partial charge in [0.15, 0.2) is 11.6 Å². The third kappa shape index (κ3) is 9.43. The summed E-state index contributed by atoms with van der Waals surface area (Å²) in [4.78, 5) is 41.5. The first-order chi connectivity index (χ1) is 17.0. The van der Waals surface area contributed by atoms with Crippen LogP contribution in [0.25, 0.3) is 0 Å². The van der Waals surface area contributed by atoms with Crippen molar-refractivity contribution in [1.82, 2.24) is 15.6 Å². The number of hydrogen-bond acceptors (Lipinski definition) is 8. The summed E-state index contributed by atoms with van der Waals surface area (Å²) in [5, 5.41) is 25.8. The Morgan fingerprint density at radius 3 is 2.56 bits per heavy atom. The van der Waals surface area contributed by atoms with E-state index >= 15 is 0 Å². The Morgan fingerprint density at radius 2 is 1.86 bits per heavy atom. The first-order valence-electron chi connectivity index (χ1n) is 12.1. The molecular weight excluding hydrogens is 466 g/mol. The van der Waals surface area contributed by atoms with Gasteiger partial charge >= 0.3 is 5.97 Å². The van der Waals surface area contributed by atoms with E-state index in [2.05, 4.69) is 15.6 Å². The summed E-state index contributed by atoms with van der Waals surface area (Å²) < 4.78 is 10.9. The Kier molecular flexibility index (Phi) is 11.1. The Bertz CT molecular complexity index is 995. The zero-order valence-corrected chi connectivity index (χ0v) is 21.4. The van der Waals surface area contributed by atoms with Gasteiger partial charge in [0.25, 0.3) is 5.91 Å². The molecule has 198 valence electrons. The lowest BCUT2D eigenvalue weighted by molar-refractivity contribution is -0.155. The molecule has 1 aromatic heterocycles. The van der Waals surface area contributed by atoms with E-state index in [4.69, 9.17) is 9.15 Å². The largest absolute Gasteiger partial charge is 0.460 e. The number of carbonyl (C=O) groups excluding carboxylic acids is 3. The molecular formula is C26H37N3O7. The normalized spacial score (nSPS) is 30.9. The number of aliphatic hydroxyl groups excluding tert-OH is 2. The van der Waals surface area contributed by atoms with Crippen molar-refractivity contribution in [2.75, 3.05) is 6.54 Å². The minimum Gasteiger partial charge on any atom is -0.460 e. The molecule has 0 aliphatic carbocycles. The molecule has 0 spiro atoms. The molecule has 0 unspecified atom stereocenters. The van der Waals surface area contributed by atoms with Gasteiger partial charge in [-0.05, 0) is 25.8 Å². The molecule has 36 heavy (non-hydrogen) atoms. The highest BCUT2D eigenvalue weighted by Gasteiger charge is 2.28. The topological polar surface area (TPSA) is 151 Å². The number of nitrogens with one attached hydrogen (secondary N) is 2. The number of carbonyl (C=O) groups is 3. The number of cyclic esters (lactones) is 1. The highest BCUT2D eigenvalue weighted by atomic mass is 16.5. The number of esters is 1. The van der Waals surface area contributed by atoms with Crippen LogP contribution in [0.4, 0.5) is 0 Å². The molecule has 2 amide bonds. The van der Waals surface area contributed by atoms with Gasteiger partial charge in [0.2, 0.25) is 5.91 Å². The van der Waals surface area contributed by atoms with Crippen LogP contribution < -0.4 is 10.6 Å². The summed E-state index contributed by atoms with van der Waals surface area (Å²) in [6.07, 6.45) is 6.98. The molecule has 0 aromatic carbocycles. The zero-order chi connectivity index (χ0) is 26.8. The second kappa shape index (κ2) is 13.7. The van der Waals surface area contributed by atoms with Gasteiger partial charge in [-0.1, -0.05) is 50.6 Å². The van der Waals surface area contributed by atoms with Crippen molar-refractivity contribution in [3.05, 3.63) is 53.8 Å². The Labute approximate surface area is 211 Å². The van der Waals surface area contributed by atoms with Gasteiger partial charge in [-0.2, -0.15) is 0 Å². The number of ether oxygens (including phenoxy) is 1. The third-order valence-electron chi connectivity index (χ3n) is 5.62. The smallest absolute Gasteiger partial charge is 0.328 e. The Balaban J connectivity index is 2.24. The molecule has 4 N–H and O–H groups in total. The average Bonchev–Trinajstić information content (AvgIpc) is 3.25. The van der Waals surface area contributed by atoms with Gasteiger partial charge in [0, 0.05) is 18.9 Å². The monoisotopic (exact) mass is 503 g/mol. The molecule has 0 radical (unpaired) electrons. The quantitative estimate of drug-likeness (QED) is 0.424. The first kappa shape index (κ1) is 29.0. The summed E-state index contributed by atoms with van der Waals surface area (Å²) in [6.45, 7) is 9.24. The van der Waals surface area contributed by atoms with Crippen LogP contribution in [-0.4, -0.2) is 63.9 Å². The molecule has 0 fully saturated rings. The number of amides is 2. The summed E-state index contributed by atoms with van der Waals surface area (Å²) in [7, 11) is 0. The van der Waals surface area contributed by atoms with E-state index in [-0.39, 0.29) is 48.7 Å². The van der Waals surface area contributed by atoms with Gasteiger partial charge in [-0.15, -0.1) is 0 Å². The molecule has 1 aliphatic rings. The van der Waals surface area contributed by atoms with Crippen LogP contribution in [-0.2, 0) is 20.7 Å². The summed E-state index contributed by atoms with van der Waals surface area (Å²) >= 11 is 0. The van der Waals surface area contributed by atoms with Crippen molar-refractivity contribution < 1.29 is 33.8 Å². The van der Waals surface area contributed by atoms with E-state index in [1.807, 2.05) is 20.8 Å². The second-order valence-corrected chi connectivity index (χ2v) is 9.40. The van der Waals surface area contributed by atoms with Gasteiger partial charge in [0.1, 0.15) is 18.4 Å². The summed E-state index contributed by atoms with van der Waals surface area (Å²) in [5.74, 6) is -1.70. The lowest BCUT2D eigenvalue weighted by Gasteiger charge is -2.27. The van der Waals surface area contributed by atoms with E-state index in [1.165, 1.54) is 13.0 Å². The third-order valence-corrected chi connectivity index (χ3v) is 5.62. The average molecular weight is 504 g/mol. The van der Waals surface area contributed by atoms with Crippen LogP contribution >= 0.6 is 0 Å². The second-order valence-electron chi connectivity index (χ2n) is 9.40. The number of aromatic nitrogens is 1. The van der Waals surface area contributed by atoms with Gasteiger partial charge < -0.3 is 30.0 Å². The maximum atomic E-state index is 12.7. The predicted molar refractivity (Wildman–Crippen MR) is 133 cm³/mol. The van der Waals surface area contributed by atoms with E-state index in [0.717, 1.165) is 11.8 Å². The molecule has 5 atom stereocenters. The van der Waals surface area contributed by atoms with E-state index in [1.54, 1.807) is 31.2 Å². The maximum Gasteiger partial charge on any atom is 0.328 e. The van der Waals surface area contributed by atoms with E-state index in [9.17, 15) is 24.6 Å². The highest BCUT2D eigenvalue weighted by Crippen LogP contribution is 2.19. The number of hydrogen-bond donors (Lipinski definition) is 4. The highest BCUT2D eigenvalue weighted by molar-refractivity contribution is 5.94. The fourth-order valence-corrected chi connectivity index (χ4v) is 3.73. The molecule has 10 heteroatoms. The zero-order valence-electron chi connectivity index (χ0n) is 21.4. The van der Waals surface area contributed by atoms with Crippen LogP contribution in [0.1, 0.15) is 57.4 Å². The van der Waals surface area contributed by atoms with E-state index < -0.39 is 36.2 Å². The predicted octanol–water partition coefficient (Wildman–Crippen LogP) is 1.84. The van der Waals surface area contributed by atoms with Crippen molar-refractivity contribution in [2.45, 2.75) is 71.8 Å². The lowest BCUT2D eigenvalue weighted by atomic mass is 9.94. The molecule has 0 saturated heterocycles. The summed E-state index contributed by atoms with van der Waals surface area (Å²) in [6, 6.07) is -0.956. The summed E-state index contributed by atoms with van der Waals surface area (Å²) in [5.41, 5.74) is 0.719. The minimum absolute atomic E-state index is 0.00233. The van der Waals surface area contributed by atoms with Crippen LogP contribution in [0.5, 0.6) is 0 Å². The lowest BCUT2D eigenvalue weighted by Crippen LogP contribution is -2.42. The number of aliphatic hydroxyl groups is 2. The van der Waals surface area contributed by atoms with Crippen LogP contribution in [0, 0.1) is 11.8 Å². The number of allylic oxidation sites excluding steroid dienone is 2. The van der Waals surface area contributed by atoms with Crippen LogP contribution in [0.3, 0.4) is 0 Å². The molecule has 2 rings (SSSR count). The van der Waals surface area contributed by atoms with Crippen molar-refractivity contribution in [3.63, 3.8) is 0 Å². The number of rotatable bonds is 1. The first-order valence-corrected chi connectivity index (χ1v) is 12.1. The van der Waals surface area contributed by atoms with Crippen molar-refractivity contribution >= 4 is 17.8 Å². The molecule has 2 bridgehead atoms. The molecule has 1 aliphatic heterocycles. The molecule has 2 heterocycles. The fourth-order valence-electron chi connectivity index (χ4n) is 3.73. The maximum absolute atomic E-state index is 12.7. The number of fused-ring (bicyclic) bond motifs is 2. The molecule has 1 aromatic rings. The van der Waals surface area contributed by atoms with Crippen molar-refractivity contribution in [1.29, 1.82) is 0 Å². The SMILES string of the molecule is CC1=C\[C@@H](O)C[C@@H](O)Cc2nc(co2)C(=O)N[C@H](C)C(=O)O[C@H](C(C)C)[C@H](C)/C=C/C(=O)NC\C=C\1. The Hall–Kier alpha value is -3.24. The number of oxazole rings is 1. The van der Waals surface area contributed by atoms with Crippen molar-refractivity contribution in [3.8, 4) is 0 Å². The standard InChI is InChI=1S/C26H37N3O7/c1-15(2)24-17(4)8-9-22(32)27-10-6-7-16(3)11-19(30)12-20(31)13-23-29-21(14-35-23)25(33)28-18(5)26(34)36-24/h6-9,11,14-15,17-20,24,30-31H,10,12-13H2,1-5H3,(H,27,32)(H,28,33)/b7-6+,9-8+,16-11+/t17-,18-,19-,20-,24-/m1/s1. The minimum atomic E-state index is -0.959. The van der Waals surface area contributed by atoms with Gasteiger partial charge in [-0.25, -0.2) is 9.78 Å². The van der Waals surface area contributed by atoms with Crippen LogP contribution in [0.2, 0.25) is 0 Å². The molecule has 10 nitrogen and oxygen atoms in total. The van der Waals surface area contributed by atoms with Gasteiger partial charge in [0.05, 0.1) is 18.6 Å². The Morgan fingerprint density at radius 1 is 1.14 bits per heavy atom. The van der Waals surface area contributed by atoms with Gasteiger partial charge in [-0.3, -0.25) is 9.59 Å².